The molecule has 0 unspecified atom stereocenters. The molecule has 0 atom stereocenters. The zero-order valence-electron chi connectivity index (χ0n) is 18.0. The molecule has 2 aliphatic carbocycles. The molecule has 0 aliphatic heterocycles. The number of benzene rings is 1. The largest absolute Gasteiger partial charge is 0.339 e. The number of nitrogens with zero attached hydrogens (tertiary/aromatic N) is 5. The molecule has 2 fully saturated rings. The minimum atomic E-state index is 0.141. The van der Waals surface area contributed by atoms with Gasteiger partial charge in [0.1, 0.15) is 0 Å². The molecule has 30 heavy (non-hydrogen) atoms. The highest BCUT2D eigenvalue weighted by molar-refractivity contribution is 7.98. The third-order valence-corrected chi connectivity index (χ3v) is 7.04. The second kappa shape index (κ2) is 7.84. The molecule has 2 heterocycles. The zero-order chi connectivity index (χ0) is 20.7. The second-order valence-electron chi connectivity index (χ2n) is 9.55. The quantitative estimate of drug-likeness (QED) is 0.459. The number of thioether (sulfide) groups is 1. The van der Waals surface area contributed by atoms with Gasteiger partial charge in [-0.3, -0.25) is 4.57 Å². The van der Waals surface area contributed by atoms with E-state index in [1.54, 1.807) is 11.8 Å². The lowest BCUT2D eigenvalue weighted by molar-refractivity contribution is 0.375. The van der Waals surface area contributed by atoms with Crippen LogP contribution >= 0.6 is 11.8 Å². The fourth-order valence-corrected chi connectivity index (χ4v) is 4.98. The van der Waals surface area contributed by atoms with Crippen LogP contribution < -0.4 is 0 Å². The van der Waals surface area contributed by atoms with E-state index in [-0.39, 0.29) is 5.41 Å². The van der Waals surface area contributed by atoms with Crippen LogP contribution in [0.4, 0.5) is 0 Å². The van der Waals surface area contributed by atoms with Crippen molar-refractivity contribution in [3.8, 4) is 11.4 Å². The van der Waals surface area contributed by atoms with Gasteiger partial charge in [0, 0.05) is 17.5 Å². The summed E-state index contributed by atoms with van der Waals surface area (Å²) in [6.45, 7) is 6.72. The van der Waals surface area contributed by atoms with Crippen molar-refractivity contribution in [2.24, 2.45) is 0 Å². The van der Waals surface area contributed by atoms with Gasteiger partial charge in [-0.25, -0.2) is 0 Å². The molecule has 7 heteroatoms. The highest BCUT2D eigenvalue weighted by Crippen LogP contribution is 2.40. The molecule has 1 aromatic carbocycles. The van der Waals surface area contributed by atoms with Crippen LogP contribution in [-0.2, 0) is 11.2 Å². The standard InChI is InChI=1S/C23H29N5OS/c1-23(2,3)17-12-10-15(11-13-17)20-25-26-22(28(20)18-6-4-5-7-18)30-14-19-24-21(29-27-19)16-8-9-16/h10-13,16,18H,4-9,14H2,1-3H3. The van der Waals surface area contributed by atoms with Crippen LogP contribution in [0.15, 0.2) is 33.9 Å². The molecule has 0 amide bonds. The minimum Gasteiger partial charge on any atom is -0.339 e. The van der Waals surface area contributed by atoms with Crippen molar-refractivity contribution in [1.29, 1.82) is 0 Å². The Morgan fingerprint density at radius 1 is 1.03 bits per heavy atom. The molecular formula is C23H29N5OS. The van der Waals surface area contributed by atoms with Gasteiger partial charge in [-0.05, 0) is 36.7 Å². The van der Waals surface area contributed by atoms with Gasteiger partial charge < -0.3 is 4.52 Å². The maximum atomic E-state index is 5.40. The van der Waals surface area contributed by atoms with E-state index < -0.39 is 0 Å². The predicted octanol–water partition coefficient (Wildman–Crippen LogP) is 5.91. The minimum absolute atomic E-state index is 0.141. The Morgan fingerprint density at radius 2 is 1.77 bits per heavy atom. The van der Waals surface area contributed by atoms with E-state index in [9.17, 15) is 0 Å². The normalized spacial score (nSPS) is 17.7. The van der Waals surface area contributed by atoms with Crippen LogP contribution in [0.5, 0.6) is 0 Å². The van der Waals surface area contributed by atoms with Gasteiger partial charge in [-0.1, -0.05) is 74.8 Å². The summed E-state index contributed by atoms with van der Waals surface area (Å²) in [5.41, 5.74) is 2.60. The van der Waals surface area contributed by atoms with Gasteiger partial charge >= 0.3 is 0 Å². The van der Waals surface area contributed by atoms with Crippen molar-refractivity contribution < 1.29 is 4.52 Å². The van der Waals surface area contributed by atoms with E-state index in [1.165, 1.54) is 44.1 Å². The third-order valence-electron chi connectivity index (χ3n) is 6.10. The molecule has 0 bridgehead atoms. The van der Waals surface area contributed by atoms with Crippen molar-refractivity contribution in [1.82, 2.24) is 24.9 Å². The molecule has 5 rings (SSSR count). The molecule has 6 nitrogen and oxygen atoms in total. The first kappa shape index (κ1) is 19.8. The molecule has 0 radical (unpaired) electrons. The topological polar surface area (TPSA) is 69.6 Å². The van der Waals surface area contributed by atoms with Gasteiger partial charge in [0.2, 0.25) is 5.89 Å². The number of hydrogen-bond acceptors (Lipinski definition) is 6. The first-order chi connectivity index (χ1) is 14.5. The molecular weight excluding hydrogens is 394 g/mol. The maximum absolute atomic E-state index is 5.40. The highest BCUT2D eigenvalue weighted by Gasteiger charge is 2.30. The van der Waals surface area contributed by atoms with Gasteiger partial charge in [0.05, 0.1) is 5.75 Å². The van der Waals surface area contributed by atoms with E-state index in [1.807, 2.05) is 0 Å². The van der Waals surface area contributed by atoms with Crippen LogP contribution in [0.2, 0.25) is 0 Å². The first-order valence-electron chi connectivity index (χ1n) is 11.0. The Balaban J connectivity index is 1.40. The second-order valence-corrected chi connectivity index (χ2v) is 10.5. The summed E-state index contributed by atoms with van der Waals surface area (Å²) < 4.78 is 7.76. The van der Waals surface area contributed by atoms with Gasteiger partial charge in [0.15, 0.2) is 16.8 Å². The Kier molecular flexibility index (Phi) is 5.17. The van der Waals surface area contributed by atoms with Crippen molar-refractivity contribution in [2.75, 3.05) is 0 Å². The van der Waals surface area contributed by atoms with E-state index in [0.717, 1.165) is 28.3 Å². The lowest BCUT2D eigenvalue weighted by atomic mass is 9.86. The van der Waals surface area contributed by atoms with Crippen LogP contribution in [0.1, 0.15) is 88.5 Å². The van der Waals surface area contributed by atoms with E-state index in [0.29, 0.717) is 17.7 Å². The van der Waals surface area contributed by atoms with Crippen LogP contribution in [0, 0.1) is 0 Å². The monoisotopic (exact) mass is 423 g/mol. The summed E-state index contributed by atoms with van der Waals surface area (Å²) in [6.07, 6.45) is 7.25. The zero-order valence-corrected chi connectivity index (χ0v) is 18.8. The Morgan fingerprint density at radius 3 is 2.43 bits per heavy atom. The summed E-state index contributed by atoms with van der Waals surface area (Å²) in [4.78, 5) is 4.56. The third kappa shape index (κ3) is 4.04. The molecule has 0 saturated heterocycles. The van der Waals surface area contributed by atoms with E-state index in [2.05, 4.69) is 69.9 Å². The molecule has 2 saturated carbocycles. The first-order valence-corrected chi connectivity index (χ1v) is 12.0. The Hall–Kier alpha value is -2.15. The lowest BCUT2D eigenvalue weighted by Crippen LogP contribution is -2.11. The summed E-state index contributed by atoms with van der Waals surface area (Å²) in [5, 5.41) is 14.3. The highest BCUT2D eigenvalue weighted by atomic mass is 32.2. The summed E-state index contributed by atoms with van der Waals surface area (Å²) in [7, 11) is 0. The molecule has 3 aromatic rings. The lowest BCUT2D eigenvalue weighted by Gasteiger charge is -2.20. The Labute approximate surface area is 181 Å². The predicted molar refractivity (Wildman–Crippen MR) is 117 cm³/mol. The number of aromatic nitrogens is 5. The van der Waals surface area contributed by atoms with E-state index >= 15 is 0 Å². The van der Waals surface area contributed by atoms with Gasteiger partial charge in [-0.15, -0.1) is 10.2 Å². The van der Waals surface area contributed by atoms with Crippen LogP contribution in [-0.4, -0.2) is 24.9 Å². The van der Waals surface area contributed by atoms with E-state index in [4.69, 9.17) is 4.52 Å². The van der Waals surface area contributed by atoms with Crippen LogP contribution in [0.3, 0.4) is 0 Å². The summed E-state index contributed by atoms with van der Waals surface area (Å²) in [5.74, 6) is 3.66. The summed E-state index contributed by atoms with van der Waals surface area (Å²) >= 11 is 1.66. The van der Waals surface area contributed by atoms with Gasteiger partial charge in [0.25, 0.3) is 0 Å². The molecule has 2 aromatic heterocycles. The van der Waals surface area contributed by atoms with Crippen molar-refractivity contribution >= 4 is 11.8 Å². The Bertz CT molecular complexity index is 1010. The van der Waals surface area contributed by atoms with Crippen molar-refractivity contribution in [3.63, 3.8) is 0 Å². The van der Waals surface area contributed by atoms with Gasteiger partial charge in [-0.2, -0.15) is 4.98 Å². The molecule has 0 spiro atoms. The number of rotatable bonds is 6. The number of hydrogen-bond donors (Lipinski definition) is 0. The molecule has 2 aliphatic rings. The summed E-state index contributed by atoms with van der Waals surface area (Å²) in [6, 6.07) is 9.27. The molecule has 0 N–H and O–H groups in total. The average molecular weight is 424 g/mol. The fourth-order valence-electron chi connectivity index (χ4n) is 4.13. The van der Waals surface area contributed by atoms with Crippen molar-refractivity contribution in [2.45, 2.75) is 87.6 Å². The average Bonchev–Trinajstić information content (AvgIpc) is 3.13. The maximum Gasteiger partial charge on any atom is 0.229 e. The van der Waals surface area contributed by atoms with Crippen LogP contribution in [0.25, 0.3) is 11.4 Å². The SMILES string of the molecule is CC(C)(C)c1ccc(-c2nnc(SCc3noc(C4CC4)n3)n2C2CCCC2)cc1. The smallest absolute Gasteiger partial charge is 0.229 e. The van der Waals surface area contributed by atoms with Crippen molar-refractivity contribution in [3.05, 3.63) is 41.5 Å². The molecule has 158 valence electrons. The fraction of sp³-hybridized carbons (Fsp3) is 0.565.